The van der Waals surface area contributed by atoms with Gasteiger partial charge >= 0.3 is 0 Å². The average Bonchev–Trinajstić information content (AvgIpc) is 3.47. The summed E-state index contributed by atoms with van der Waals surface area (Å²) in [5, 5.41) is 8.95. The Balaban J connectivity index is 1.24. The van der Waals surface area contributed by atoms with Gasteiger partial charge in [-0.3, -0.25) is 4.90 Å². The van der Waals surface area contributed by atoms with E-state index in [0.29, 0.717) is 12.1 Å². The standard InChI is InChI=1S/C22H26N8O/c1-3-16(29-9-11-31-12-10-29)4-2-15(1)27-22-20-17(13-23-21(20)24-14-25-22)18-6-8-30-19(28-18)5-7-26-30/h5-8,13-16H,1-4,9-12H2,(H2,23,24,25,27)/t15-,16-. The van der Waals surface area contributed by atoms with Crippen molar-refractivity contribution in [1.82, 2.24) is 34.4 Å². The van der Waals surface area contributed by atoms with Crippen LogP contribution in [-0.4, -0.2) is 72.8 Å². The van der Waals surface area contributed by atoms with Crippen LogP contribution in [0, 0.1) is 0 Å². The lowest BCUT2D eigenvalue weighted by Crippen LogP contribution is -2.46. The van der Waals surface area contributed by atoms with E-state index in [4.69, 9.17) is 9.72 Å². The number of morpholine rings is 1. The number of ether oxygens (including phenoxy) is 1. The fourth-order valence-corrected chi connectivity index (χ4v) is 4.96. The van der Waals surface area contributed by atoms with Crippen molar-refractivity contribution in [3.8, 4) is 11.3 Å². The molecule has 0 atom stereocenters. The molecular formula is C22H26N8O. The highest BCUT2D eigenvalue weighted by molar-refractivity contribution is 6.00. The number of nitrogens with zero attached hydrogens (tertiary/aromatic N) is 6. The maximum absolute atomic E-state index is 5.51. The van der Waals surface area contributed by atoms with Crippen LogP contribution in [0.4, 0.5) is 5.82 Å². The van der Waals surface area contributed by atoms with Crippen molar-refractivity contribution < 1.29 is 4.74 Å². The van der Waals surface area contributed by atoms with Gasteiger partial charge in [-0.05, 0) is 31.7 Å². The van der Waals surface area contributed by atoms with E-state index >= 15 is 0 Å². The fraction of sp³-hybridized carbons (Fsp3) is 0.455. The van der Waals surface area contributed by atoms with E-state index in [1.165, 1.54) is 12.8 Å². The van der Waals surface area contributed by atoms with E-state index < -0.39 is 0 Å². The Bertz CT molecular complexity index is 1190. The second-order valence-electron chi connectivity index (χ2n) is 8.39. The summed E-state index contributed by atoms with van der Waals surface area (Å²) in [4.78, 5) is 19.7. The largest absolute Gasteiger partial charge is 0.379 e. The van der Waals surface area contributed by atoms with Crippen LogP contribution in [0.5, 0.6) is 0 Å². The fourth-order valence-electron chi connectivity index (χ4n) is 4.96. The molecule has 2 aliphatic rings. The molecule has 1 aliphatic carbocycles. The molecule has 0 radical (unpaired) electrons. The van der Waals surface area contributed by atoms with Crippen LogP contribution in [0.25, 0.3) is 27.9 Å². The molecule has 4 aromatic heterocycles. The number of rotatable bonds is 4. The van der Waals surface area contributed by atoms with Crippen LogP contribution in [0.15, 0.2) is 37.1 Å². The molecule has 160 valence electrons. The summed E-state index contributed by atoms with van der Waals surface area (Å²) in [6.45, 7) is 3.87. The zero-order chi connectivity index (χ0) is 20.6. The predicted octanol–water partition coefficient (Wildman–Crippen LogP) is 2.72. The Labute approximate surface area is 179 Å². The number of aromatic amines is 1. The molecule has 0 bridgehead atoms. The van der Waals surface area contributed by atoms with Gasteiger partial charge < -0.3 is 15.0 Å². The van der Waals surface area contributed by atoms with Gasteiger partial charge in [0, 0.05) is 49.2 Å². The summed E-state index contributed by atoms with van der Waals surface area (Å²) in [5.74, 6) is 0.881. The molecule has 9 nitrogen and oxygen atoms in total. The molecule has 4 aromatic rings. The number of aromatic nitrogens is 6. The van der Waals surface area contributed by atoms with Crippen molar-refractivity contribution in [3.05, 3.63) is 37.1 Å². The highest BCUT2D eigenvalue weighted by Gasteiger charge is 2.27. The number of hydrogen-bond donors (Lipinski definition) is 2. The third-order valence-electron chi connectivity index (χ3n) is 6.60. The first-order valence-corrected chi connectivity index (χ1v) is 11.1. The second-order valence-corrected chi connectivity index (χ2v) is 8.39. The first kappa shape index (κ1) is 18.7. The number of H-pyrrole nitrogens is 1. The van der Waals surface area contributed by atoms with Gasteiger partial charge in [0.05, 0.1) is 30.5 Å². The van der Waals surface area contributed by atoms with Gasteiger partial charge in [0.2, 0.25) is 0 Å². The summed E-state index contributed by atoms with van der Waals surface area (Å²) < 4.78 is 7.27. The molecule has 0 aromatic carbocycles. The molecule has 0 amide bonds. The molecule has 6 rings (SSSR count). The van der Waals surface area contributed by atoms with Crippen LogP contribution in [0.2, 0.25) is 0 Å². The molecule has 31 heavy (non-hydrogen) atoms. The van der Waals surface area contributed by atoms with Gasteiger partial charge in [-0.15, -0.1) is 0 Å². The topological polar surface area (TPSA) is 96.3 Å². The second kappa shape index (κ2) is 7.90. The van der Waals surface area contributed by atoms with E-state index in [9.17, 15) is 0 Å². The quantitative estimate of drug-likeness (QED) is 0.526. The zero-order valence-electron chi connectivity index (χ0n) is 17.4. The maximum Gasteiger partial charge on any atom is 0.155 e. The van der Waals surface area contributed by atoms with Crippen molar-refractivity contribution in [2.75, 3.05) is 31.6 Å². The lowest BCUT2D eigenvalue weighted by Gasteiger charge is -2.39. The number of nitrogens with one attached hydrogen (secondary N) is 2. The third kappa shape index (κ3) is 3.53. The Morgan fingerprint density at radius 2 is 1.94 bits per heavy atom. The predicted molar refractivity (Wildman–Crippen MR) is 118 cm³/mol. The summed E-state index contributed by atoms with van der Waals surface area (Å²) >= 11 is 0. The molecule has 2 N–H and O–H groups in total. The monoisotopic (exact) mass is 418 g/mol. The first-order chi connectivity index (χ1) is 15.3. The van der Waals surface area contributed by atoms with Gasteiger partial charge in [-0.1, -0.05) is 0 Å². The smallest absolute Gasteiger partial charge is 0.155 e. The maximum atomic E-state index is 5.51. The van der Waals surface area contributed by atoms with Crippen molar-refractivity contribution in [1.29, 1.82) is 0 Å². The Morgan fingerprint density at radius 3 is 2.81 bits per heavy atom. The van der Waals surface area contributed by atoms with Gasteiger partial charge in [0.1, 0.15) is 17.8 Å². The SMILES string of the molecule is c1nc(N[C@H]2CC[C@H](N3CCOCC3)CC2)c2c(-c3ccn4nccc4n3)c[nH]c2n1. The average molecular weight is 419 g/mol. The van der Waals surface area contributed by atoms with Crippen LogP contribution < -0.4 is 5.32 Å². The number of fused-ring (bicyclic) bond motifs is 2. The summed E-state index contributed by atoms with van der Waals surface area (Å²) in [7, 11) is 0. The minimum absolute atomic E-state index is 0.420. The van der Waals surface area contributed by atoms with Gasteiger partial charge in [0.25, 0.3) is 0 Å². The highest BCUT2D eigenvalue weighted by Crippen LogP contribution is 2.33. The molecule has 1 saturated carbocycles. The molecule has 0 spiro atoms. The van der Waals surface area contributed by atoms with Crippen LogP contribution in [0.1, 0.15) is 25.7 Å². The summed E-state index contributed by atoms with van der Waals surface area (Å²) in [6, 6.07) is 4.98. The van der Waals surface area contributed by atoms with Gasteiger partial charge in [-0.25, -0.2) is 19.5 Å². The molecule has 0 unspecified atom stereocenters. The normalized spacial score (nSPS) is 22.8. The lowest BCUT2D eigenvalue weighted by molar-refractivity contribution is 0.00791. The van der Waals surface area contributed by atoms with Gasteiger partial charge in [-0.2, -0.15) is 5.10 Å². The Morgan fingerprint density at radius 1 is 1.06 bits per heavy atom. The number of anilines is 1. The lowest BCUT2D eigenvalue weighted by atomic mass is 9.90. The Kier molecular flexibility index (Phi) is 4.77. The summed E-state index contributed by atoms with van der Waals surface area (Å²) in [6.07, 6.45) is 12.0. The van der Waals surface area contributed by atoms with Gasteiger partial charge in [0.15, 0.2) is 5.65 Å². The zero-order valence-corrected chi connectivity index (χ0v) is 17.4. The van der Waals surface area contributed by atoms with E-state index in [2.05, 4.69) is 30.3 Å². The summed E-state index contributed by atoms with van der Waals surface area (Å²) in [5.41, 5.74) is 3.53. The number of hydrogen-bond acceptors (Lipinski definition) is 7. The van der Waals surface area contributed by atoms with Crippen molar-refractivity contribution >= 4 is 22.5 Å². The molecule has 1 saturated heterocycles. The minimum Gasteiger partial charge on any atom is -0.379 e. The van der Waals surface area contributed by atoms with E-state index in [0.717, 1.165) is 72.9 Å². The van der Waals surface area contributed by atoms with E-state index in [1.54, 1.807) is 17.0 Å². The molecule has 1 aliphatic heterocycles. The first-order valence-electron chi connectivity index (χ1n) is 11.1. The van der Waals surface area contributed by atoms with Crippen LogP contribution in [-0.2, 0) is 4.74 Å². The van der Waals surface area contributed by atoms with Crippen LogP contribution in [0.3, 0.4) is 0 Å². The highest BCUT2D eigenvalue weighted by atomic mass is 16.5. The molecule has 2 fully saturated rings. The molecular weight excluding hydrogens is 392 g/mol. The third-order valence-corrected chi connectivity index (χ3v) is 6.60. The van der Waals surface area contributed by atoms with Crippen LogP contribution >= 0.6 is 0 Å². The van der Waals surface area contributed by atoms with E-state index in [-0.39, 0.29) is 0 Å². The van der Waals surface area contributed by atoms with Crippen molar-refractivity contribution in [2.45, 2.75) is 37.8 Å². The molecule has 9 heteroatoms. The minimum atomic E-state index is 0.420. The van der Waals surface area contributed by atoms with E-state index in [1.807, 2.05) is 24.5 Å². The van der Waals surface area contributed by atoms with Crippen molar-refractivity contribution in [2.24, 2.45) is 0 Å². The Hall–Kier alpha value is -3.04. The molecule has 5 heterocycles. The van der Waals surface area contributed by atoms with Crippen molar-refractivity contribution in [3.63, 3.8) is 0 Å².